The molecule has 0 amide bonds. The standard InChI is InChI=1S/C12H11BrO2/c13-7-3-1-2-4-10-5-6-11-12(8-10)15-9-14-11/h1-3,5-8H,4,9H2/b2-1+,7-3-. The van der Waals surface area contributed by atoms with Crippen LogP contribution in [0.2, 0.25) is 0 Å². The molecule has 1 heterocycles. The van der Waals surface area contributed by atoms with Crippen LogP contribution in [0.3, 0.4) is 0 Å². The molecule has 0 N–H and O–H groups in total. The van der Waals surface area contributed by atoms with Gasteiger partial charge in [-0.05, 0) is 29.1 Å². The first-order valence-corrected chi connectivity index (χ1v) is 5.62. The van der Waals surface area contributed by atoms with Crippen LogP contribution >= 0.6 is 15.9 Å². The fraction of sp³-hybridized carbons (Fsp3) is 0.167. The van der Waals surface area contributed by atoms with Crippen molar-refractivity contribution in [3.63, 3.8) is 0 Å². The van der Waals surface area contributed by atoms with E-state index >= 15 is 0 Å². The van der Waals surface area contributed by atoms with Gasteiger partial charge in [-0.2, -0.15) is 0 Å². The lowest BCUT2D eigenvalue weighted by molar-refractivity contribution is 0.174. The molecule has 0 fully saturated rings. The highest BCUT2D eigenvalue weighted by Crippen LogP contribution is 2.32. The topological polar surface area (TPSA) is 18.5 Å². The molecule has 0 atom stereocenters. The number of benzene rings is 1. The zero-order valence-corrected chi connectivity index (χ0v) is 9.74. The van der Waals surface area contributed by atoms with E-state index in [0.29, 0.717) is 6.79 Å². The number of ether oxygens (including phenoxy) is 2. The minimum atomic E-state index is 0.334. The summed E-state index contributed by atoms with van der Waals surface area (Å²) in [6.07, 6.45) is 6.93. The summed E-state index contributed by atoms with van der Waals surface area (Å²) in [5.74, 6) is 1.68. The van der Waals surface area contributed by atoms with Crippen LogP contribution in [0.1, 0.15) is 5.56 Å². The highest BCUT2D eigenvalue weighted by molar-refractivity contribution is 9.11. The average molecular weight is 267 g/mol. The number of fused-ring (bicyclic) bond motifs is 1. The van der Waals surface area contributed by atoms with Crippen molar-refractivity contribution in [3.8, 4) is 11.5 Å². The number of rotatable bonds is 3. The first-order chi connectivity index (χ1) is 7.40. The Morgan fingerprint density at radius 3 is 2.93 bits per heavy atom. The molecule has 0 saturated heterocycles. The van der Waals surface area contributed by atoms with Crippen LogP contribution < -0.4 is 9.47 Å². The Morgan fingerprint density at radius 2 is 2.07 bits per heavy atom. The molecule has 2 rings (SSSR count). The Kier molecular flexibility index (Phi) is 3.45. The first kappa shape index (κ1) is 10.3. The summed E-state index contributed by atoms with van der Waals surface area (Å²) in [5, 5.41) is 0. The molecule has 1 aliphatic heterocycles. The molecule has 0 saturated carbocycles. The van der Waals surface area contributed by atoms with Gasteiger partial charge in [-0.1, -0.05) is 40.2 Å². The van der Waals surface area contributed by atoms with E-state index in [1.54, 1.807) is 0 Å². The summed E-state index contributed by atoms with van der Waals surface area (Å²) in [6.45, 7) is 0.334. The summed E-state index contributed by atoms with van der Waals surface area (Å²) in [6, 6.07) is 6.02. The van der Waals surface area contributed by atoms with Crippen LogP contribution in [0.15, 0.2) is 41.4 Å². The zero-order chi connectivity index (χ0) is 10.5. The van der Waals surface area contributed by atoms with Crippen molar-refractivity contribution in [2.24, 2.45) is 0 Å². The molecular formula is C12H11BrO2. The van der Waals surface area contributed by atoms with E-state index in [-0.39, 0.29) is 0 Å². The fourth-order valence-electron chi connectivity index (χ4n) is 1.39. The Hall–Kier alpha value is -1.22. The monoisotopic (exact) mass is 266 g/mol. The van der Waals surface area contributed by atoms with E-state index in [0.717, 1.165) is 17.9 Å². The number of hydrogen-bond acceptors (Lipinski definition) is 2. The fourth-order valence-corrected chi connectivity index (χ4v) is 1.57. The van der Waals surface area contributed by atoms with Gasteiger partial charge in [0.25, 0.3) is 0 Å². The lowest BCUT2D eigenvalue weighted by Crippen LogP contribution is -1.92. The van der Waals surface area contributed by atoms with Gasteiger partial charge in [-0.25, -0.2) is 0 Å². The SMILES string of the molecule is Br/C=C\C=C\Cc1ccc2c(c1)OCO2. The van der Waals surface area contributed by atoms with Crippen LogP contribution in [0, 0.1) is 0 Å². The van der Waals surface area contributed by atoms with Crippen molar-refractivity contribution in [1.82, 2.24) is 0 Å². The molecular weight excluding hydrogens is 256 g/mol. The van der Waals surface area contributed by atoms with Crippen LogP contribution in [0.25, 0.3) is 0 Å². The number of halogens is 1. The van der Waals surface area contributed by atoms with E-state index in [1.165, 1.54) is 5.56 Å². The third-order valence-electron chi connectivity index (χ3n) is 2.11. The van der Waals surface area contributed by atoms with Crippen molar-refractivity contribution >= 4 is 15.9 Å². The van der Waals surface area contributed by atoms with E-state index in [2.05, 4.69) is 28.1 Å². The summed E-state index contributed by atoms with van der Waals surface area (Å²) in [5.41, 5.74) is 1.22. The smallest absolute Gasteiger partial charge is 0.231 e. The van der Waals surface area contributed by atoms with E-state index in [9.17, 15) is 0 Å². The zero-order valence-electron chi connectivity index (χ0n) is 8.15. The first-order valence-electron chi connectivity index (χ1n) is 4.70. The summed E-state index contributed by atoms with van der Waals surface area (Å²) >= 11 is 3.21. The molecule has 1 aromatic carbocycles. The molecule has 15 heavy (non-hydrogen) atoms. The van der Waals surface area contributed by atoms with Crippen molar-refractivity contribution in [3.05, 3.63) is 47.0 Å². The second kappa shape index (κ2) is 5.03. The number of hydrogen-bond donors (Lipinski definition) is 0. The van der Waals surface area contributed by atoms with Gasteiger partial charge in [-0.3, -0.25) is 0 Å². The molecule has 0 spiro atoms. The van der Waals surface area contributed by atoms with Crippen molar-refractivity contribution in [2.45, 2.75) is 6.42 Å². The highest BCUT2D eigenvalue weighted by atomic mass is 79.9. The van der Waals surface area contributed by atoms with Gasteiger partial charge in [0.15, 0.2) is 11.5 Å². The van der Waals surface area contributed by atoms with Crippen molar-refractivity contribution in [2.75, 3.05) is 6.79 Å². The third kappa shape index (κ3) is 2.63. The van der Waals surface area contributed by atoms with Gasteiger partial charge in [-0.15, -0.1) is 0 Å². The predicted octanol–water partition coefficient (Wildman–Crippen LogP) is 3.42. The Balaban J connectivity index is 2.04. The van der Waals surface area contributed by atoms with E-state index in [1.807, 2.05) is 29.3 Å². The second-order valence-electron chi connectivity index (χ2n) is 3.14. The molecule has 1 aromatic rings. The Morgan fingerprint density at radius 1 is 1.20 bits per heavy atom. The van der Waals surface area contributed by atoms with Crippen molar-refractivity contribution < 1.29 is 9.47 Å². The van der Waals surface area contributed by atoms with Crippen LogP contribution in [-0.4, -0.2) is 6.79 Å². The minimum Gasteiger partial charge on any atom is -0.454 e. The Bertz CT molecular complexity index is 397. The molecule has 0 bridgehead atoms. The van der Waals surface area contributed by atoms with Crippen LogP contribution in [0.5, 0.6) is 11.5 Å². The maximum Gasteiger partial charge on any atom is 0.231 e. The lowest BCUT2D eigenvalue weighted by Gasteiger charge is -1.98. The van der Waals surface area contributed by atoms with E-state index < -0.39 is 0 Å². The largest absolute Gasteiger partial charge is 0.454 e. The molecule has 0 aliphatic carbocycles. The normalized spacial score (nSPS) is 14.2. The quantitative estimate of drug-likeness (QED) is 0.781. The summed E-state index contributed by atoms with van der Waals surface area (Å²) in [4.78, 5) is 1.82. The van der Waals surface area contributed by atoms with Gasteiger partial charge < -0.3 is 9.47 Å². The second-order valence-corrected chi connectivity index (χ2v) is 3.67. The third-order valence-corrected chi connectivity index (χ3v) is 2.42. The van der Waals surface area contributed by atoms with Gasteiger partial charge in [0.2, 0.25) is 6.79 Å². The predicted molar refractivity (Wildman–Crippen MR) is 63.5 cm³/mol. The maximum absolute atomic E-state index is 5.30. The minimum absolute atomic E-state index is 0.334. The lowest BCUT2D eigenvalue weighted by atomic mass is 10.1. The molecule has 3 heteroatoms. The average Bonchev–Trinajstić information content (AvgIpc) is 2.71. The molecule has 2 nitrogen and oxygen atoms in total. The van der Waals surface area contributed by atoms with Crippen molar-refractivity contribution in [1.29, 1.82) is 0 Å². The highest BCUT2D eigenvalue weighted by Gasteiger charge is 2.12. The van der Waals surface area contributed by atoms with Crippen LogP contribution in [-0.2, 0) is 6.42 Å². The van der Waals surface area contributed by atoms with Crippen LogP contribution in [0.4, 0.5) is 0 Å². The molecule has 0 radical (unpaired) electrons. The molecule has 1 aliphatic rings. The maximum atomic E-state index is 5.30. The molecule has 0 aromatic heterocycles. The molecule has 78 valence electrons. The van der Waals surface area contributed by atoms with Gasteiger partial charge >= 0.3 is 0 Å². The van der Waals surface area contributed by atoms with Gasteiger partial charge in [0.05, 0.1) is 0 Å². The summed E-state index contributed by atoms with van der Waals surface area (Å²) < 4.78 is 10.5. The van der Waals surface area contributed by atoms with E-state index in [4.69, 9.17) is 9.47 Å². The number of allylic oxidation sites excluding steroid dienone is 3. The summed E-state index contributed by atoms with van der Waals surface area (Å²) in [7, 11) is 0. The Labute approximate surface area is 97.3 Å². The molecule has 0 unspecified atom stereocenters. The van der Waals surface area contributed by atoms with Gasteiger partial charge in [0, 0.05) is 0 Å². The van der Waals surface area contributed by atoms with Gasteiger partial charge in [0.1, 0.15) is 0 Å².